The highest BCUT2D eigenvalue weighted by Gasteiger charge is 2.57. The molecule has 27 heavy (non-hydrogen) atoms. The molecule has 2 aromatic carbocycles. The highest BCUT2D eigenvalue weighted by molar-refractivity contribution is 8.02. The van der Waals surface area contributed by atoms with Crippen molar-refractivity contribution in [2.45, 2.75) is 29.2 Å². The number of nitrogens with one attached hydrogen (secondary N) is 1. The van der Waals surface area contributed by atoms with Gasteiger partial charge in [0.25, 0.3) is 5.91 Å². The van der Waals surface area contributed by atoms with E-state index in [-0.39, 0.29) is 11.8 Å². The summed E-state index contributed by atoms with van der Waals surface area (Å²) in [4.78, 5) is 27.3. The second kappa shape index (κ2) is 6.81. The van der Waals surface area contributed by atoms with Crippen molar-refractivity contribution in [3.8, 4) is 11.5 Å². The van der Waals surface area contributed by atoms with E-state index in [0.29, 0.717) is 30.9 Å². The fraction of sp³-hybridized carbons (Fsp3) is 0.300. The number of carbonyl (C=O) groups excluding carboxylic acids is 2. The Labute approximate surface area is 161 Å². The van der Waals surface area contributed by atoms with Crippen molar-refractivity contribution in [2.24, 2.45) is 0 Å². The molecule has 1 unspecified atom stereocenters. The summed E-state index contributed by atoms with van der Waals surface area (Å²) >= 11 is 1.46. The Balaban J connectivity index is 1.54. The molecule has 7 heteroatoms. The third-order valence-electron chi connectivity index (χ3n) is 4.93. The number of hydrogen-bond donors (Lipinski definition) is 1. The molecule has 0 aromatic heterocycles. The van der Waals surface area contributed by atoms with Crippen LogP contribution in [0.1, 0.15) is 18.4 Å². The average molecular weight is 384 g/mol. The normalized spacial score (nSPS) is 20.2. The lowest BCUT2D eigenvalue weighted by molar-refractivity contribution is -0.124. The molecule has 0 bridgehead atoms. The Bertz CT molecular complexity index is 917. The lowest BCUT2D eigenvalue weighted by Gasteiger charge is -2.29. The van der Waals surface area contributed by atoms with Crippen LogP contribution in [0.3, 0.4) is 0 Å². The van der Waals surface area contributed by atoms with E-state index in [9.17, 15) is 9.59 Å². The van der Waals surface area contributed by atoms with Crippen LogP contribution in [0.5, 0.6) is 11.5 Å². The topological polar surface area (TPSA) is 67.9 Å². The molecule has 2 aromatic rings. The van der Waals surface area contributed by atoms with E-state index in [2.05, 4.69) is 5.32 Å². The third-order valence-corrected chi connectivity index (χ3v) is 6.40. The largest absolute Gasteiger partial charge is 0.493 e. The fourth-order valence-electron chi connectivity index (χ4n) is 3.61. The van der Waals surface area contributed by atoms with Crippen LogP contribution in [-0.4, -0.2) is 30.9 Å². The van der Waals surface area contributed by atoms with E-state index in [1.54, 1.807) is 19.1 Å². The second-order valence-corrected chi connectivity index (χ2v) is 7.77. The van der Waals surface area contributed by atoms with Crippen molar-refractivity contribution in [1.82, 2.24) is 5.32 Å². The minimum atomic E-state index is -0.892. The first-order chi connectivity index (χ1) is 13.1. The average Bonchev–Trinajstić information content (AvgIpc) is 3.21. The van der Waals surface area contributed by atoms with Crippen molar-refractivity contribution >= 4 is 29.3 Å². The van der Waals surface area contributed by atoms with E-state index in [1.807, 2.05) is 42.5 Å². The highest BCUT2D eigenvalue weighted by Crippen LogP contribution is 2.55. The van der Waals surface area contributed by atoms with Crippen molar-refractivity contribution < 1.29 is 19.1 Å². The van der Waals surface area contributed by atoms with E-state index in [4.69, 9.17) is 9.47 Å². The predicted molar refractivity (Wildman–Crippen MR) is 103 cm³/mol. The molecule has 1 fully saturated rings. The summed E-state index contributed by atoms with van der Waals surface area (Å²) in [7, 11) is 3.16. The van der Waals surface area contributed by atoms with Crippen LogP contribution in [0.25, 0.3) is 0 Å². The summed E-state index contributed by atoms with van der Waals surface area (Å²) in [5.74, 6) is 1.10. The minimum absolute atomic E-state index is 0.00582. The number of hydrogen-bond acceptors (Lipinski definition) is 5. The van der Waals surface area contributed by atoms with Crippen LogP contribution < -0.4 is 19.7 Å². The number of carbonyl (C=O) groups is 2. The molecular weight excluding hydrogens is 364 g/mol. The van der Waals surface area contributed by atoms with Gasteiger partial charge >= 0.3 is 0 Å². The standard InChI is InChI=1S/C20H20N2O4S/c1-25-15-8-7-13(11-16(15)26-2)12-21-19(24)20-10-9-18(23)22(20)14-5-3-4-6-17(14)27-20/h3-8,11H,9-10,12H2,1-2H3,(H,21,24). The molecule has 140 valence electrons. The van der Waals surface area contributed by atoms with Gasteiger partial charge in [-0.2, -0.15) is 0 Å². The molecule has 4 rings (SSSR count). The van der Waals surface area contributed by atoms with Crippen LogP contribution >= 0.6 is 11.8 Å². The van der Waals surface area contributed by atoms with E-state index in [0.717, 1.165) is 16.1 Å². The van der Waals surface area contributed by atoms with E-state index in [1.165, 1.54) is 11.8 Å². The number of rotatable bonds is 5. The van der Waals surface area contributed by atoms with Gasteiger partial charge in [-0.15, -0.1) is 0 Å². The number of ether oxygens (including phenoxy) is 2. The van der Waals surface area contributed by atoms with Gasteiger partial charge in [-0.05, 0) is 36.2 Å². The molecule has 2 aliphatic heterocycles. The summed E-state index contributed by atoms with van der Waals surface area (Å²) in [6.45, 7) is 0.347. The zero-order valence-corrected chi connectivity index (χ0v) is 16.0. The number of anilines is 1. The van der Waals surface area contributed by atoms with E-state index >= 15 is 0 Å². The predicted octanol–water partition coefficient (Wildman–Crippen LogP) is 2.95. The maximum Gasteiger partial charge on any atom is 0.257 e. The molecule has 0 saturated carbocycles. The molecule has 6 nitrogen and oxygen atoms in total. The lowest BCUT2D eigenvalue weighted by atomic mass is 10.1. The van der Waals surface area contributed by atoms with Crippen molar-refractivity contribution in [2.75, 3.05) is 19.1 Å². The summed E-state index contributed by atoms with van der Waals surface area (Å²) in [5, 5.41) is 3.00. The SMILES string of the molecule is COc1ccc(CNC(=O)C23CCC(=O)N2c2ccccc2S3)cc1OC. The molecule has 2 heterocycles. The molecule has 0 radical (unpaired) electrons. The van der Waals surface area contributed by atoms with Crippen LogP contribution in [0.2, 0.25) is 0 Å². The van der Waals surface area contributed by atoms with Crippen molar-refractivity contribution in [3.05, 3.63) is 48.0 Å². The zero-order valence-electron chi connectivity index (χ0n) is 15.2. The number of thioether (sulfide) groups is 1. The van der Waals surface area contributed by atoms with Crippen LogP contribution in [0, 0.1) is 0 Å². The zero-order chi connectivity index (χ0) is 19.0. The van der Waals surface area contributed by atoms with Crippen LogP contribution in [0.4, 0.5) is 5.69 Å². The quantitative estimate of drug-likeness (QED) is 0.858. The Morgan fingerprint density at radius 3 is 2.74 bits per heavy atom. The Hall–Kier alpha value is -2.67. The summed E-state index contributed by atoms with van der Waals surface area (Å²) in [5.41, 5.74) is 1.72. The minimum Gasteiger partial charge on any atom is -0.493 e. The third kappa shape index (κ3) is 2.82. The molecule has 0 spiro atoms. The van der Waals surface area contributed by atoms with Gasteiger partial charge in [0.15, 0.2) is 16.4 Å². The lowest BCUT2D eigenvalue weighted by Crippen LogP contribution is -2.52. The van der Waals surface area contributed by atoms with Gasteiger partial charge in [0.1, 0.15) is 0 Å². The summed E-state index contributed by atoms with van der Waals surface area (Å²) < 4.78 is 10.6. The molecule has 2 amide bonds. The number of amides is 2. The first-order valence-corrected chi connectivity index (χ1v) is 9.51. The first-order valence-electron chi connectivity index (χ1n) is 8.69. The van der Waals surface area contributed by atoms with Gasteiger partial charge < -0.3 is 14.8 Å². The number of methoxy groups -OCH3 is 2. The van der Waals surface area contributed by atoms with Crippen LogP contribution in [-0.2, 0) is 16.1 Å². The number of nitrogens with zero attached hydrogens (tertiary/aromatic N) is 1. The van der Waals surface area contributed by atoms with Gasteiger partial charge in [0.2, 0.25) is 5.91 Å². The maximum atomic E-state index is 13.1. The fourth-order valence-corrected chi connectivity index (χ4v) is 5.04. The van der Waals surface area contributed by atoms with Gasteiger partial charge in [0, 0.05) is 17.9 Å². The van der Waals surface area contributed by atoms with Gasteiger partial charge in [-0.1, -0.05) is 30.0 Å². The van der Waals surface area contributed by atoms with Gasteiger partial charge in [0.05, 0.1) is 19.9 Å². The molecule has 0 aliphatic carbocycles. The first kappa shape index (κ1) is 17.7. The van der Waals surface area contributed by atoms with E-state index < -0.39 is 4.87 Å². The number of para-hydroxylation sites is 1. The Kier molecular flexibility index (Phi) is 4.47. The Morgan fingerprint density at radius 1 is 1.19 bits per heavy atom. The van der Waals surface area contributed by atoms with Gasteiger partial charge in [-0.3, -0.25) is 14.5 Å². The summed E-state index contributed by atoms with van der Waals surface area (Å²) in [6.07, 6.45) is 0.883. The number of fused-ring (bicyclic) bond motifs is 3. The van der Waals surface area contributed by atoms with Crippen LogP contribution in [0.15, 0.2) is 47.4 Å². The monoisotopic (exact) mass is 384 g/mol. The second-order valence-electron chi connectivity index (χ2n) is 6.46. The molecular formula is C20H20N2O4S. The summed E-state index contributed by atoms with van der Waals surface area (Å²) in [6, 6.07) is 13.2. The molecule has 1 atom stereocenters. The maximum absolute atomic E-state index is 13.1. The number of benzene rings is 2. The van der Waals surface area contributed by atoms with Crippen molar-refractivity contribution in [1.29, 1.82) is 0 Å². The smallest absolute Gasteiger partial charge is 0.257 e. The van der Waals surface area contributed by atoms with Crippen molar-refractivity contribution in [3.63, 3.8) is 0 Å². The van der Waals surface area contributed by atoms with Gasteiger partial charge in [-0.25, -0.2) is 0 Å². The molecule has 2 aliphatic rings. The molecule has 1 saturated heterocycles. The molecule has 1 N–H and O–H groups in total. The highest BCUT2D eigenvalue weighted by atomic mass is 32.2. The Morgan fingerprint density at radius 2 is 1.96 bits per heavy atom.